The van der Waals surface area contributed by atoms with Gasteiger partial charge >= 0.3 is 12.4 Å². The number of nitrogens with one attached hydrogen (secondary N) is 1. The third kappa shape index (κ3) is 3.18. The van der Waals surface area contributed by atoms with Crippen LogP contribution in [0.2, 0.25) is 0 Å². The first-order chi connectivity index (χ1) is 12.3. The second-order valence-electron chi connectivity index (χ2n) is 6.31. The monoisotopic (exact) mass is 392 g/mol. The van der Waals surface area contributed by atoms with Crippen molar-refractivity contribution in [3.63, 3.8) is 0 Å². The van der Waals surface area contributed by atoms with E-state index >= 15 is 0 Å². The van der Waals surface area contributed by atoms with Crippen LogP contribution in [0.15, 0.2) is 23.0 Å². The number of hydrogen-bond donors (Lipinski definition) is 2. The molecule has 0 saturated heterocycles. The van der Waals surface area contributed by atoms with Gasteiger partial charge in [-0.2, -0.15) is 26.3 Å². The number of aromatic amines is 1. The molecule has 146 valence electrons. The number of alkyl halides is 6. The lowest BCUT2D eigenvalue weighted by atomic mass is 10.0. The molecule has 2 heterocycles. The molecule has 2 N–H and O–H groups in total. The highest BCUT2D eigenvalue weighted by atomic mass is 19.4. The zero-order valence-corrected chi connectivity index (χ0v) is 14.1. The third-order valence-corrected chi connectivity index (χ3v) is 4.64. The van der Waals surface area contributed by atoms with E-state index in [-0.39, 0.29) is 21.8 Å². The highest BCUT2D eigenvalue weighted by molar-refractivity contribution is 6.09. The smallest absolute Gasteiger partial charge is 0.382 e. The van der Waals surface area contributed by atoms with Gasteiger partial charge in [-0.15, -0.1) is 0 Å². The molecule has 0 unspecified atom stereocenters. The van der Waals surface area contributed by atoms with E-state index in [0.717, 1.165) is 4.57 Å². The van der Waals surface area contributed by atoms with E-state index in [1.807, 2.05) is 0 Å². The van der Waals surface area contributed by atoms with Crippen LogP contribution in [-0.2, 0) is 12.7 Å². The molecule has 2 aromatic heterocycles. The first kappa shape index (κ1) is 19.3. The van der Waals surface area contributed by atoms with Crippen LogP contribution in [-0.4, -0.2) is 26.9 Å². The second kappa shape index (κ2) is 6.01. The van der Waals surface area contributed by atoms with Gasteiger partial charge in [-0.05, 0) is 31.5 Å². The Morgan fingerprint density at radius 2 is 1.74 bits per heavy atom. The van der Waals surface area contributed by atoms with Gasteiger partial charge in [-0.1, -0.05) is 0 Å². The van der Waals surface area contributed by atoms with Crippen LogP contribution in [0.5, 0.6) is 0 Å². The molecular weight excluding hydrogens is 378 g/mol. The third-order valence-electron chi connectivity index (χ3n) is 4.64. The largest absolute Gasteiger partial charge is 0.417 e. The molecule has 27 heavy (non-hydrogen) atoms. The fraction of sp³-hybridized carbons (Fsp3) is 0.353. The molecule has 1 atom stereocenters. The van der Waals surface area contributed by atoms with Gasteiger partial charge in [0, 0.05) is 33.6 Å². The van der Waals surface area contributed by atoms with E-state index in [4.69, 9.17) is 0 Å². The normalized spacial score (nSPS) is 14.3. The first-order valence-electron chi connectivity index (χ1n) is 7.79. The molecule has 0 bridgehead atoms. The predicted octanol–water partition coefficient (Wildman–Crippen LogP) is 4.04. The average molecular weight is 392 g/mol. The van der Waals surface area contributed by atoms with Crippen molar-refractivity contribution in [1.82, 2.24) is 9.55 Å². The molecule has 0 aliphatic carbocycles. The maximum atomic E-state index is 13.5. The summed E-state index contributed by atoms with van der Waals surface area (Å²) in [6, 6.07) is 2.97. The molecule has 0 saturated carbocycles. The van der Waals surface area contributed by atoms with Crippen LogP contribution < -0.4 is 5.56 Å². The molecule has 1 aromatic carbocycles. The Morgan fingerprint density at radius 1 is 1.11 bits per heavy atom. The number of benzene rings is 1. The maximum Gasteiger partial charge on any atom is 0.417 e. The molecule has 0 aliphatic heterocycles. The summed E-state index contributed by atoms with van der Waals surface area (Å²) < 4.78 is 79.8. The quantitative estimate of drug-likeness (QED) is 0.647. The summed E-state index contributed by atoms with van der Waals surface area (Å²) in [5.41, 5.74) is -1.43. The van der Waals surface area contributed by atoms with E-state index in [9.17, 15) is 36.2 Å². The molecule has 10 heteroatoms. The lowest BCUT2D eigenvalue weighted by Gasteiger charge is -2.17. The fourth-order valence-corrected chi connectivity index (χ4v) is 3.25. The summed E-state index contributed by atoms with van der Waals surface area (Å²) in [5.74, 6) is 0. The number of hydrogen-bond acceptors (Lipinski definition) is 2. The van der Waals surface area contributed by atoms with Crippen LogP contribution >= 0.6 is 0 Å². The SMILES string of the molecule is Cc1c(C)n(C[C@H](O)C(F)(F)F)c2ccc3[nH]c(=O)cc(C(F)(F)F)c3c12. The van der Waals surface area contributed by atoms with Crippen molar-refractivity contribution in [2.24, 2.45) is 0 Å². The summed E-state index contributed by atoms with van der Waals surface area (Å²) in [5, 5.41) is 9.19. The lowest BCUT2D eigenvalue weighted by molar-refractivity contribution is -0.207. The molecule has 4 nitrogen and oxygen atoms in total. The van der Waals surface area contributed by atoms with Crippen molar-refractivity contribution in [3.05, 3.63) is 45.4 Å². The predicted molar refractivity (Wildman–Crippen MR) is 86.6 cm³/mol. The number of aryl methyl sites for hydroxylation is 1. The van der Waals surface area contributed by atoms with Gasteiger partial charge < -0.3 is 14.7 Å². The van der Waals surface area contributed by atoms with E-state index in [1.165, 1.54) is 26.0 Å². The molecule has 0 spiro atoms. The standard InChI is InChI=1S/C17H14F6N2O2/c1-7-8(2)25(6-12(26)17(21,22)23)11-4-3-10-15(14(7)11)9(16(18,19)20)5-13(27)24-10/h3-5,12,26H,6H2,1-2H3,(H,24,27)/t12-/m0/s1. The number of H-pyrrole nitrogens is 1. The van der Waals surface area contributed by atoms with Crippen LogP contribution in [0.4, 0.5) is 26.3 Å². The van der Waals surface area contributed by atoms with E-state index in [1.54, 1.807) is 0 Å². The Balaban J connectivity index is 2.40. The van der Waals surface area contributed by atoms with Crippen molar-refractivity contribution in [2.75, 3.05) is 0 Å². The fourth-order valence-electron chi connectivity index (χ4n) is 3.25. The first-order valence-corrected chi connectivity index (χ1v) is 7.79. The van der Waals surface area contributed by atoms with Crippen LogP contribution in [0, 0.1) is 13.8 Å². The highest BCUT2D eigenvalue weighted by Gasteiger charge is 2.39. The zero-order chi connectivity index (χ0) is 20.3. The summed E-state index contributed by atoms with van der Waals surface area (Å²) in [6.07, 6.45) is -12.4. The Bertz CT molecular complexity index is 1090. The summed E-state index contributed by atoms with van der Waals surface area (Å²) in [7, 11) is 0. The average Bonchev–Trinajstić information content (AvgIpc) is 2.77. The molecule has 0 aliphatic rings. The van der Waals surface area contributed by atoms with Crippen LogP contribution in [0.1, 0.15) is 16.8 Å². The molecule has 3 rings (SSSR count). The number of aliphatic hydroxyl groups is 1. The molecule has 0 radical (unpaired) electrons. The van der Waals surface area contributed by atoms with Crippen molar-refractivity contribution < 1.29 is 31.4 Å². The number of aliphatic hydroxyl groups excluding tert-OH is 1. The number of aromatic nitrogens is 2. The Labute approximate surface area is 148 Å². The summed E-state index contributed by atoms with van der Waals surface area (Å²) in [4.78, 5) is 13.9. The summed E-state index contributed by atoms with van der Waals surface area (Å²) >= 11 is 0. The number of nitrogens with zero attached hydrogens (tertiary/aromatic N) is 1. The van der Waals surface area contributed by atoms with Gasteiger partial charge in [0.2, 0.25) is 5.56 Å². The maximum absolute atomic E-state index is 13.5. The van der Waals surface area contributed by atoms with E-state index in [2.05, 4.69) is 4.98 Å². The van der Waals surface area contributed by atoms with Crippen LogP contribution in [0.25, 0.3) is 21.8 Å². The topological polar surface area (TPSA) is 58.0 Å². The molecular formula is C17H14F6N2O2. The van der Waals surface area contributed by atoms with Gasteiger partial charge in [0.15, 0.2) is 6.10 Å². The van der Waals surface area contributed by atoms with E-state index < -0.39 is 36.1 Å². The lowest BCUT2D eigenvalue weighted by Crippen LogP contribution is -2.33. The van der Waals surface area contributed by atoms with Gasteiger partial charge in [0.25, 0.3) is 0 Å². The van der Waals surface area contributed by atoms with Gasteiger partial charge in [-0.3, -0.25) is 4.79 Å². The Morgan fingerprint density at radius 3 is 2.30 bits per heavy atom. The van der Waals surface area contributed by atoms with Crippen molar-refractivity contribution in [3.8, 4) is 0 Å². The Kier molecular flexibility index (Phi) is 4.29. The molecule has 0 fully saturated rings. The van der Waals surface area contributed by atoms with Crippen molar-refractivity contribution in [1.29, 1.82) is 0 Å². The van der Waals surface area contributed by atoms with E-state index in [0.29, 0.717) is 17.3 Å². The molecule has 0 amide bonds. The van der Waals surface area contributed by atoms with Crippen LogP contribution in [0.3, 0.4) is 0 Å². The zero-order valence-electron chi connectivity index (χ0n) is 14.1. The molecule has 3 aromatic rings. The van der Waals surface area contributed by atoms with Gasteiger partial charge in [-0.25, -0.2) is 0 Å². The minimum Gasteiger partial charge on any atom is -0.382 e. The van der Waals surface area contributed by atoms with Crippen molar-refractivity contribution >= 4 is 21.8 Å². The Hall–Kier alpha value is -2.49. The van der Waals surface area contributed by atoms with Crippen molar-refractivity contribution in [2.45, 2.75) is 38.8 Å². The number of fused-ring (bicyclic) bond motifs is 3. The number of halogens is 6. The van der Waals surface area contributed by atoms with Gasteiger partial charge in [0.05, 0.1) is 12.1 Å². The number of pyridine rings is 1. The summed E-state index contributed by atoms with van der Waals surface area (Å²) in [6.45, 7) is 2.10. The highest BCUT2D eigenvalue weighted by Crippen LogP contribution is 2.39. The number of rotatable bonds is 2. The minimum absolute atomic E-state index is 0.0704. The van der Waals surface area contributed by atoms with Gasteiger partial charge in [0.1, 0.15) is 0 Å². The minimum atomic E-state index is -4.86. The second-order valence-corrected chi connectivity index (χ2v) is 6.31.